The summed E-state index contributed by atoms with van der Waals surface area (Å²) in [6.07, 6.45) is 0.443. The molecule has 0 amide bonds. The molecule has 2 unspecified atom stereocenters. The van der Waals surface area contributed by atoms with E-state index in [2.05, 4.69) is 20.3 Å². The first-order valence-corrected chi connectivity index (χ1v) is 7.87. The Kier molecular flexibility index (Phi) is 5.25. The molecule has 0 spiro atoms. The van der Waals surface area contributed by atoms with Crippen LogP contribution < -0.4 is 5.32 Å². The summed E-state index contributed by atoms with van der Waals surface area (Å²) in [5.74, 6) is 0.498. The molecule has 136 valence electrons. The fourth-order valence-corrected chi connectivity index (χ4v) is 2.66. The van der Waals surface area contributed by atoms with Gasteiger partial charge in [-0.05, 0) is 6.92 Å². The highest BCUT2D eigenvalue weighted by Crippen LogP contribution is 2.31. The number of rotatable bonds is 6. The predicted octanol–water partition coefficient (Wildman–Crippen LogP) is -1.21. The Morgan fingerprint density at radius 2 is 2.08 bits per heavy atom. The predicted molar refractivity (Wildman–Crippen MR) is 87.7 cm³/mol. The van der Waals surface area contributed by atoms with Crippen LogP contribution in [0.5, 0.6) is 0 Å². The quantitative estimate of drug-likeness (QED) is 0.404. The van der Waals surface area contributed by atoms with Gasteiger partial charge in [0.05, 0.1) is 19.5 Å². The number of nitrogens with one attached hydrogen (secondary N) is 1. The molecule has 10 nitrogen and oxygen atoms in total. The van der Waals surface area contributed by atoms with E-state index in [0.717, 1.165) is 5.57 Å². The van der Waals surface area contributed by atoms with E-state index in [-0.39, 0.29) is 6.61 Å². The highest BCUT2D eigenvalue weighted by atomic mass is 16.6. The van der Waals surface area contributed by atoms with E-state index in [4.69, 9.17) is 9.84 Å². The smallest absolute Gasteiger partial charge is 0.167 e. The Labute approximate surface area is 143 Å². The normalized spacial score (nSPS) is 27.2. The molecule has 0 aliphatic carbocycles. The minimum absolute atomic E-state index is 0.0131. The van der Waals surface area contributed by atoms with Gasteiger partial charge < -0.3 is 30.5 Å². The summed E-state index contributed by atoms with van der Waals surface area (Å²) in [5.41, 5.74) is 1.74. The molecule has 0 bridgehead atoms. The second-order valence-electron chi connectivity index (χ2n) is 5.86. The molecule has 2 aromatic heterocycles. The maximum atomic E-state index is 10.2. The van der Waals surface area contributed by atoms with Crippen LogP contribution in [0.3, 0.4) is 0 Å². The number of aliphatic hydroxyl groups is 4. The van der Waals surface area contributed by atoms with Gasteiger partial charge in [-0.15, -0.1) is 0 Å². The van der Waals surface area contributed by atoms with E-state index in [1.54, 1.807) is 0 Å². The van der Waals surface area contributed by atoms with Crippen molar-refractivity contribution in [3.8, 4) is 0 Å². The van der Waals surface area contributed by atoms with Gasteiger partial charge in [0.25, 0.3) is 0 Å². The average molecular weight is 351 g/mol. The van der Waals surface area contributed by atoms with Gasteiger partial charge in [-0.25, -0.2) is 15.0 Å². The van der Waals surface area contributed by atoms with E-state index in [1.165, 1.54) is 17.2 Å². The number of imidazole rings is 1. The monoisotopic (exact) mass is 351 g/mol. The number of nitrogens with zero attached hydrogens (tertiary/aromatic N) is 4. The van der Waals surface area contributed by atoms with Gasteiger partial charge in [0.2, 0.25) is 0 Å². The summed E-state index contributed by atoms with van der Waals surface area (Å²) in [6.45, 7) is 1.85. The van der Waals surface area contributed by atoms with Crippen molar-refractivity contribution in [2.24, 2.45) is 0 Å². The maximum Gasteiger partial charge on any atom is 0.167 e. The van der Waals surface area contributed by atoms with E-state index < -0.39 is 31.1 Å². The number of aliphatic hydroxyl groups excluding tert-OH is 4. The Balaban J connectivity index is 1.86. The van der Waals surface area contributed by atoms with Crippen molar-refractivity contribution < 1.29 is 25.2 Å². The molecule has 1 aliphatic heterocycles. The number of hydrogen-bond donors (Lipinski definition) is 5. The average Bonchev–Trinajstić information content (AvgIpc) is 3.17. The Morgan fingerprint density at radius 1 is 1.28 bits per heavy atom. The minimum atomic E-state index is -1.21. The molecule has 0 saturated carbocycles. The van der Waals surface area contributed by atoms with Crippen LogP contribution in [0.15, 0.2) is 24.3 Å². The Hall–Kier alpha value is -2.11. The molecule has 3 rings (SSSR count). The summed E-state index contributed by atoms with van der Waals surface area (Å²) in [5, 5.41) is 41.4. The van der Waals surface area contributed by atoms with Crippen LogP contribution in [0.2, 0.25) is 0 Å². The minimum Gasteiger partial charge on any atom is -0.394 e. The zero-order valence-corrected chi connectivity index (χ0v) is 13.6. The molecule has 2 aromatic rings. The van der Waals surface area contributed by atoms with Crippen molar-refractivity contribution in [2.75, 3.05) is 25.1 Å². The second kappa shape index (κ2) is 7.42. The van der Waals surface area contributed by atoms with Crippen LogP contribution in [-0.4, -0.2) is 78.0 Å². The maximum absolute atomic E-state index is 10.2. The van der Waals surface area contributed by atoms with E-state index in [9.17, 15) is 15.3 Å². The fraction of sp³-hybridized carbons (Fsp3) is 0.533. The lowest BCUT2D eigenvalue weighted by molar-refractivity contribution is -0.0511. The van der Waals surface area contributed by atoms with Gasteiger partial charge in [-0.3, -0.25) is 4.57 Å². The summed E-state index contributed by atoms with van der Waals surface area (Å²) in [7, 11) is 0. The second-order valence-corrected chi connectivity index (χ2v) is 5.86. The van der Waals surface area contributed by atoms with Crippen molar-refractivity contribution >= 4 is 17.0 Å². The molecule has 1 aliphatic rings. The molecule has 0 radical (unpaired) electrons. The van der Waals surface area contributed by atoms with Crippen molar-refractivity contribution in [1.82, 2.24) is 19.5 Å². The standard InChI is InChI=1S/C15H21N5O5/c1-8(4-21)2-3-16-13-10-14(18-6-17-13)20(7-19-10)15-12(24)11(23)9(5-22)25-15/h2,6-7,9,11-12,15,21-24H,3-5H2,1H3,(H,16,17,18)/b8-2+/t9?,11-,12-,15?/m1/s1. The van der Waals surface area contributed by atoms with E-state index in [1.807, 2.05) is 13.0 Å². The SMILES string of the molecule is C/C(=C\CNc1ncnc2c1ncn2C1OC(CO)[C@@H](O)[C@H]1O)CO. The fourth-order valence-electron chi connectivity index (χ4n) is 2.66. The highest BCUT2D eigenvalue weighted by molar-refractivity contribution is 5.82. The summed E-state index contributed by atoms with van der Waals surface area (Å²) in [4.78, 5) is 12.6. The molecule has 1 saturated heterocycles. The van der Waals surface area contributed by atoms with Crippen molar-refractivity contribution in [2.45, 2.75) is 31.5 Å². The number of fused-ring (bicyclic) bond motifs is 1. The molecule has 4 atom stereocenters. The number of aromatic nitrogens is 4. The largest absolute Gasteiger partial charge is 0.394 e. The van der Waals surface area contributed by atoms with Crippen LogP contribution in [0.1, 0.15) is 13.2 Å². The van der Waals surface area contributed by atoms with Gasteiger partial charge in [-0.1, -0.05) is 11.6 Å². The van der Waals surface area contributed by atoms with Gasteiger partial charge in [-0.2, -0.15) is 0 Å². The first kappa shape index (κ1) is 17.7. The van der Waals surface area contributed by atoms with E-state index in [0.29, 0.717) is 23.5 Å². The molecule has 3 heterocycles. The van der Waals surface area contributed by atoms with Crippen LogP contribution in [0.4, 0.5) is 5.82 Å². The van der Waals surface area contributed by atoms with Gasteiger partial charge >= 0.3 is 0 Å². The topological polar surface area (TPSA) is 146 Å². The van der Waals surface area contributed by atoms with Crippen molar-refractivity contribution in [3.05, 3.63) is 24.3 Å². The van der Waals surface area contributed by atoms with E-state index >= 15 is 0 Å². The summed E-state index contributed by atoms with van der Waals surface area (Å²) >= 11 is 0. The molecular weight excluding hydrogens is 330 g/mol. The van der Waals surface area contributed by atoms with Crippen LogP contribution in [0, 0.1) is 0 Å². The molecule has 5 N–H and O–H groups in total. The zero-order valence-electron chi connectivity index (χ0n) is 13.6. The Bertz CT molecular complexity index is 764. The van der Waals surface area contributed by atoms with Gasteiger partial charge in [0, 0.05) is 6.54 Å². The van der Waals surface area contributed by atoms with Crippen molar-refractivity contribution in [3.63, 3.8) is 0 Å². The summed E-state index contributed by atoms with van der Waals surface area (Å²) < 4.78 is 7.01. The lowest BCUT2D eigenvalue weighted by Crippen LogP contribution is -2.33. The first-order valence-electron chi connectivity index (χ1n) is 7.87. The first-order chi connectivity index (χ1) is 12.1. The number of hydrogen-bond acceptors (Lipinski definition) is 9. The third kappa shape index (κ3) is 3.34. The third-order valence-corrected chi connectivity index (χ3v) is 4.12. The lowest BCUT2D eigenvalue weighted by Gasteiger charge is -2.16. The Morgan fingerprint density at radius 3 is 2.76 bits per heavy atom. The van der Waals surface area contributed by atoms with Crippen LogP contribution in [0.25, 0.3) is 11.2 Å². The zero-order chi connectivity index (χ0) is 18.0. The number of ether oxygens (including phenoxy) is 1. The molecule has 1 fully saturated rings. The van der Waals surface area contributed by atoms with Gasteiger partial charge in [0.1, 0.15) is 24.6 Å². The van der Waals surface area contributed by atoms with Crippen LogP contribution in [-0.2, 0) is 4.74 Å². The van der Waals surface area contributed by atoms with Gasteiger partial charge in [0.15, 0.2) is 23.2 Å². The van der Waals surface area contributed by atoms with Crippen LogP contribution >= 0.6 is 0 Å². The lowest BCUT2D eigenvalue weighted by atomic mass is 10.1. The number of anilines is 1. The highest BCUT2D eigenvalue weighted by Gasteiger charge is 2.44. The molecule has 25 heavy (non-hydrogen) atoms. The molecule has 10 heteroatoms. The third-order valence-electron chi connectivity index (χ3n) is 4.12. The van der Waals surface area contributed by atoms with Crippen molar-refractivity contribution in [1.29, 1.82) is 0 Å². The molecule has 0 aromatic carbocycles. The summed E-state index contributed by atoms with van der Waals surface area (Å²) in [6, 6.07) is 0. The molecular formula is C15H21N5O5.